The molecule has 0 spiro atoms. The molecule has 1 saturated heterocycles. The Balaban J connectivity index is 1.47. The molecule has 1 aromatic heterocycles. The summed E-state index contributed by atoms with van der Waals surface area (Å²) in [5.41, 5.74) is 13.4. The second-order valence-corrected chi connectivity index (χ2v) is 9.31. The fourth-order valence-electron chi connectivity index (χ4n) is 3.16. The van der Waals surface area contributed by atoms with Crippen molar-refractivity contribution in [2.75, 3.05) is 31.3 Å². The normalized spacial score (nSPS) is 14.8. The van der Waals surface area contributed by atoms with Crippen LogP contribution in [-0.2, 0) is 0 Å². The van der Waals surface area contributed by atoms with Gasteiger partial charge in [-0.1, -0.05) is 0 Å². The van der Waals surface area contributed by atoms with Crippen molar-refractivity contribution >= 4 is 34.8 Å². The molecule has 1 fully saturated rings. The molecule has 4 N–H and O–H groups in total. The van der Waals surface area contributed by atoms with Crippen molar-refractivity contribution in [1.82, 2.24) is 9.88 Å². The van der Waals surface area contributed by atoms with Gasteiger partial charge < -0.3 is 16.2 Å². The summed E-state index contributed by atoms with van der Waals surface area (Å²) >= 11 is 3.61. The number of ether oxygens (including phenoxy) is 1. The zero-order chi connectivity index (χ0) is 21.3. The van der Waals surface area contributed by atoms with E-state index in [2.05, 4.69) is 20.1 Å². The number of thiazole rings is 1. The van der Waals surface area contributed by atoms with Crippen LogP contribution in [-0.4, -0.2) is 52.9 Å². The fourth-order valence-corrected chi connectivity index (χ4v) is 5.20. The van der Waals surface area contributed by atoms with E-state index in [1.54, 1.807) is 11.3 Å². The number of nitrogens with zero attached hydrogens (tertiary/aromatic N) is 4. The van der Waals surface area contributed by atoms with Crippen LogP contribution in [0.5, 0.6) is 5.75 Å². The molecule has 3 rings (SSSR count). The molecule has 1 aliphatic heterocycles. The average Bonchev–Trinajstić information content (AvgIpc) is 3.39. The van der Waals surface area contributed by atoms with Gasteiger partial charge in [0.05, 0.1) is 22.9 Å². The molecule has 0 saturated carbocycles. The van der Waals surface area contributed by atoms with E-state index in [1.165, 1.54) is 37.6 Å². The molecule has 162 valence electrons. The largest absolute Gasteiger partial charge is 0.494 e. The second kappa shape index (κ2) is 11.3. The van der Waals surface area contributed by atoms with Crippen LogP contribution < -0.4 is 16.2 Å². The van der Waals surface area contributed by atoms with Crippen molar-refractivity contribution in [3.8, 4) is 16.3 Å². The molecule has 0 bridgehead atoms. The Morgan fingerprint density at radius 3 is 2.67 bits per heavy atom. The number of hydrogen-bond donors (Lipinski definition) is 2. The highest BCUT2D eigenvalue weighted by Gasteiger charge is 2.12. The molecule has 7 nitrogen and oxygen atoms in total. The summed E-state index contributed by atoms with van der Waals surface area (Å²) in [6.45, 7) is 7.06. The molecule has 0 atom stereocenters. The molecule has 1 aliphatic rings. The number of hydrogen-bond acceptors (Lipinski definition) is 7. The standard InChI is InChI=1S/C21H30N6OS2/c1-15-19(16(2)25-26-21(22)23)30-20(24-15)17-6-8-18(9-7-17)28-12-5-3-4-10-27-11-13-29-14-27/h6-9H,3-5,10-14H2,1-2H3,(H4,22,23,26)/b25-16+. The lowest BCUT2D eigenvalue weighted by Crippen LogP contribution is -2.22. The molecule has 1 aromatic carbocycles. The lowest BCUT2D eigenvalue weighted by molar-refractivity contribution is 0.294. The molecule has 2 heterocycles. The van der Waals surface area contributed by atoms with Gasteiger partial charge in [0.2, 0.25) is 5.96 Å². The monoisotopic (exact) mass is 446 g/mol. The molecule has 0 aliphatic carbocycles. The van der Waals surface area contributed by atoms with Gasteiger partial charge in [0.25, 0.3) is 0 Å². The maximum absolute atomic E-state index is 5.90. The summed E-state index contributed by atoms with van der Waals surface area (Å²) in [5.74, 6) is 3.32. The van der Waals surface area contributed by atoms with Crippen molar-refractivity contribution in [2.45, 2.75) is 33.1 Å². The Bertz CT molecular complexity index is 868. The van der Waals surface area contributed by atoms with Crippen LogP contribution >= 0.6 is 23.1 Å². The fraction of sp³-hybridized carbons (Fsp3) is 0.476. The molecule has 0 radical (unpaired) electrons. The van der Waals surface area contributed by atoms with Gasteiger partial charge in [-0.3, -0.25) is 4.90 Å². The lowest BCUT2D eigenvalue weighted by atomic mass is 10.2. The second-order valence-electron chi connectivity index (χ2n) is 7.23. The zero-order valence-electron chi connectivity index (χ0n) is 17.6. The van der Waals surface area contributed by atoms with Gasteiger partial charge in [-0.05, 0) is 63.9 Å². The number of rotatable bonds is 10. The Labute approximate surface area is 186 Å². The van der Waals surface area contributed by atoms with Gasteiger partial charge in [-0.2, -0.15) is 5.10 Å². The van der Waals surface area contributed by atoms with Crippen LogP contribution in [0.25, 0.3) is 10.6 Å². The molecular weight excluding hydrogens is 416 g/mol. The Morgan fingerprint density at radius 2 is 1.97 bits per heavy atom. The summed E-state index contributed by atoms with van der Waals surface area (Å²) in [6, 6.07) is 8.11. The van der Waals surface area contributed by atoms with Crippen molar-refractivity contribution < 1.29 is 4.74 Å². The van der Waals surface area contributed by atoms with E-state index >= 15 is 0 Å². The van der Waals surface area contributed by atoms with Gasteiger partial charge in [0.15, 0.2) is 0 Å². The Morgan fingerprint density at radius 1 is 1.17 bits per heavy atom. The average molecular weight is 447 g/mol. The maximum Gasteiger partial charge on any atom is 0.211 e. The molecule has 9 heteroatoms. The first-order valence-electron chi connectivity index (χ1n) is 10.2. The van der Waals surface area contributed by atoms with Crippen LogP contribution in [0.4, 0.5) is 0 Å². The van der Waals surface area contributed by atoms with E-state index in [1.807, 2.05) is 49.9 Å². The number of benzene rings is 1. The van der Waals surface area contributed by atoms with E-state index in [0.717, 1.165) is 45.6 Å². The quantitative estimate of drug-likeness (QED) is 0.250. The highest BCUT2D eigenvalue weighted by Crippen LogP contribution is 2.29. The molecule has 30 heavy (non-hydrogen) atoms. The van der Waals surface area contributed by atoms with Crippen LogP contribution in [0.3, 0.4) is 0 Å². The zero-order valence-corrected chi connectivity index (χ0v) is 19.3. The van der Waals surface area contributed by atoms with E-state index in [9.17, 15) is 0 Å². The molecular formula is C21H30N6OS2. The molecule has 0 unspecified atom stereocenters. The van der Waals surface area contributed by atoms with Gasteiger partial charge >= 0.3 is 0 Å². The maximum atomic E-state index is 5.90. The number of aryl methyl sites for hydroxylation is 1. The SMILES string of the molecule is C/C(=N\N=C(N)N)c1sc(-c2ccc(OCCCCCN3CCSC3)cc2)nc1C. The summed E-state index contributed by atoms with van der Waals surface area (Å²) < 4.78 is 5.90. The van der Waals surface area contributed by atoms with E-state index < -0.39 is 0 Å². The topological polar surface area (TPSA) is 102 Å². The van der Waals surface area contributed by atoms with Crippen LogP contribution in [0.2, 0.25) is 0 Å². The van der Waals surface area contributed by atoms with Crippen molar-refractivity contribution in [2.24, 2.45) is 21.7 Å². The van der Waals surface area contributed by atoms with E-state index in [-0.39, 0.29) is 5.96 Å². The Hall–Kier alpha value is -2.10. The number of thioether (sulfide) groups is 1. The highest BCUT2D eigenvalue weighted by molar-refractivity contribution is 7.99. The van der Waals surface area contributed by atoms with E-state index in [4.69, 9.17) is 16.2 Å². The minimum atomic E-state index is -0.0574. The first kappa shape index (κ1) is 22.6. The summed E-state index contributed by atoms with van der Waals surface area (Å²) in [6.07, 6.45) is 3.55. The first-order chi connectivity index (χ1) is 14.5. The van der Waals surface area contributed by atoms with E-state index in [0.29, 0.717) is 0 Å². The van der Waals surface area contributed by atoms with Gasteiger partial charge in [0.1, 0.15) is 10.8 Å². The molecule has 2 aromatic rings. The third-order valence-corrected chi connectivity index (χ3v) is 7.09. The Kier molecular flexibility index (Phi) is 8.53. The summed E-state index contributed by atoms with van der Waals surface area (Å²) in [5, 5.41) is 8.71. The van der Waals surface area contributed by atoms with Gasteiger partial charge in [-0.15, -0.1) is 28.2 Å². The minimum Gasteiger partial charge on any atom is -0.494 e. The van der Waals surface area contributed by atoms with Crippen molar-refractivity contribution in [3.05, 3.63) is 34.8 Å². The number of nitrogens with two attached hydrogens (primary N) is 2. The van der Waals surface area contributed by atoms with Crippen molar-refractivity contribution in [1.29, 1.82) is 0 Å². The van der Waals surface area contributed by atoms with Crippen LogP contribution in [0.1, 0.15) is 36.8 Å². The highest BCUT2D eigenvalue weighted by atomic mass is 32.2. The predicted molar refractivity (Wildman–Crippen MR) is 129 cm³/mol. The number of aromatic nitrogens is 1. The number of guanidine groups is 1. The van der Waals surface area contributed by atoms with Gasteiger partial charge in [0, 0.05) is 23.7 Å². The smallest absolute Gasteiger partial charge is 0.211 e. The van der Waals surface area contributed by atoms with Crippen molar-refractivity contribution in [3.63, 3.8) is 0 Å². The lowest BCUT2D eigenvalue weighted by Gasteiger charge is -2.13. The summed E-state index contributed by atoms with van der Waals surface area (Å²) in [4.78, 5) is 8.17. The van der Waals surface area contributed by atoms with Crippen LogP contribution in [0.15, 0.2) is 34.5 Å². The summed E-state index contributed by atoms with van der Waals surface area (Å²) in [7, 11) is 0. The minimum absolute atomic E-state index is 0.0574. The molecule has 0 amide bonds. The number of unbranched alkanes of at least 4 members (excludes halogenated alkanes) is 2. The van der Waals surface area contributed by atoms with Gasteiger partial charge in [-0.25, -0.2) is 4.98 Å². The first-order valence-corrected chi connectivity index (χ1v) is 12.1. The van der Waals surface area contributed by atoms with Crippen LogP contribution in [0, 0.1) is 6.92 Å². The predicted octanol–water partition coefficient (Wildman–Crippen LogP) is 3.67. The third kappa shape index (κ3) is 6.72. The third-order valence-electron chi connectivity index (χ3n) is 4.76.